The minimum atomic E-state index is -1.03. The molecule has 5 atom stereocenters. The molecule has 9 nitrogen and oxygen atoms in total. The SMILES string of the molecule is CCC(C)C(=O)Oc1ccc(C[C@H](N)C(=O)O[C@@H](C)[C@H](C)OC(=O)C(C)(C)C)cc1OC(=O)C(C)CC. The van der Waals surface area contributed by atoms with Crippen LogP contribution in [0.15, 0.2) is 18.2 Å². The van der Waals surface area contributed by atoms with E-state index in [1.165, 1.54) is 12.1 Å². The molecule has 0 heterocycles. The molecule has 0 aromatic heterocycles. The largest absolute Gasteiger partial charge is 0.458 e. The van der Waals surface area contributed by atoms with E-state index < -0.39 is 47.5 Å². The maximum Gasteiger partial charge on any atom is 0.323 e. The van der Waals surface area contributed by atoms with Crippen molar-refractivity contribution >= 4 is 23.9 Å². The molecule has 0 amide bonds. The van der Waals surface area contributed by atoms with Crippen molar-refractivity contribution in [2.75, 3.05) is 0 Å². The first-order valence-corrected chi connectivity index (χ1v) is 12.8. The lowest BCUT2D eigenvalue weighted by molar-refractivity contribution is -0.171. The Labute approximate surface area is 220 Å². The maximum atomic E-state index is 12.6. The highest BCUT2D eigenvalue weighted by molar-refractivity contribution is 5.79. The van der Waals surface area contributed by atoms with E-state index in [1.807, 2.05) is 13.8 Å². The van der Waals surface area contributed by atoms with E-state index >= 15 is 0 Å². The zero-order valence-corrected chi connectivity index (χ0v) is 23.6. The molecular weight excluding hydrogens is 478 g/mol. The lowest BCUT2D eigenvalue weighted by Gasteiger charge is -2.25. The Kier molecular flexibility index (Phi) is 12.2. The predicted octanol–water partition coefficient (Wildman–Crippen LogP) is 4.37. The zero-order chi connectivity index (χ0) is 28.5. The van der Waals surface area contributed by atoms with E-state index in [1.54, 1.807) is 54.5 Å². The van der Waals surface area contributed by atoms with E-state index in [0.717, 1.165) is 0 Å². The molecule has 0 bridgehead atoms. The number of hydrogen-bond acceptors (Lipinski definition) is 9. The quantitative estimate of drug-likeness (QED) is 0.314. The van der Waals surface area contributed by atoms with Crippen molar-refractivity contribution in [1.29, 1.82) is 0 Å². The Morgan fingerprint density at radius 3 is 1.76 bits per heavy atom. The molecule has 9 heteroatoms. The van der Waals surface area contributed by atoms with E-state index in [9.17, 15) is 19.2 Å². The normalized spacial score (nSPS) is 15.5. The van der Waals surface area contributed by atoms with Gasteiger partial charge in [-0.05, 0) is 71.6 Å². The topological polar surface area (TPSA) is 131 Å². The van der Waals surface area contributed by atoms with Crippen LogP contribution in [-0.2, 0) is 35.1 Å². The number of rotatable bonds is 12. The molecule has 208 valence electrons. The van der Waals surface area contributed by atoms with Crippen molar-refractivity contribution < 1.29 is 38.1 Å². The van der Waals surface area contributed by atoms with Gasteiger partial charge in [0.15, 0.2) is 11.5 Å². The van der Waals surface area contributed by atoms with Crippen molar-refractivity contribution in [2.45, 2.75) is 99.8 Å². The zero-order valence-electron chi connectivity index (χ0n) is 23.6. The summed E-state index contributed by atoms with van der Waals surface area (Å²) in [6.45, 7) is 15.7. The van der Waals surface area contributed by atoms with Gasteiger partial charge in [0.2, 0.25) is 0 Å². The molecule has 1 rings (SSSR count). The minimum Gasteiger partial charge on any atom is -0.458 e. The highest BCUT2D eigenvalue weighted by Crippen LogP contribution is 2.31. The van der Waals surface area contributed by atoms with Crippen LogP contribution in [0.1, 0.15) is 80.7 Å². The smallest absolute Gasteiger partial charge is 0.323 e. The van der Waals surface area contributed by atoms with E-state index in [0.29, 0.717) is 18.4 Å². The molecular formula is C28H43NO8. The monoisotopic (exact) mass is 521 g/mol. The highest BCUT2D eigenvalue weighted by Gasteiger charge is 2.29. The second-order valence-electron chi connectivity index (χ2n) is 10.6. The molecule has 0 fully saturated rings. The number of hydrogen-bond donors (Lipinski definition) is 1. The Balaban J connectivity index is 2.98. The van der Waals surface area contributed by atoms with Gasteiger partial charge in [0.25, 0.3) is 0 Å². The van der Waals surface area contributed by atoms with Crippen molar-refractivity contribution in [3.05, 3.63) is 23.8 Å². The summed E-state index contributed by atoms with van der Waals surface area (Å²) in [5.41, 5.74) is 5.99. The van der Waals surface area contributed by atoms with Crippen LogP contribution >= 0.6 is 0 Å². The van der Waals surface area contributed by atoms with Crippen LogP contribution in [0.3, 0.4) is 0 Å². The summed E-state index contributed by atoms with van der Waals surface area (Å²) >= 11 is 0. The number of esters is 4. The molecule has 2 unspecified atom stereocenters. The van der Waals surface area contributed by atoms with Gasteiger partial charge in [0.1, 0.15) is 18.2 Å². The maximum absolute atomic E-state index is 12.6. The molecule has 0 saturated carbocycles. The van der Waals surface area contributed by atoms with Gasteiger partial charge in [-0.1, -0.05) is 33.8 Å². The lowest BCUT2D eigenvalue weighted by atomic mass is 9.97. The van der Waals surface area contributed by atoms with Crippen LogP contribution < -0.4 is 15.2 Å². The van der Waals surface area contributed by atoms with Gasteiger partial charge < -0.3 is 24.7 Å². The Hall–Kier alpha value is -2.94. The lowest BCUT2D eigenvalue weighted by Crippen LogP contribution is -2.40. The average molecular weight is 522 g/mol. The summed E-state index contributed by atoms with van der Waals surface area (Å²) in [4.78, 5) is 49.5. The van der Waals surface area contributed by atoms with Gasteiger partial charge >= 0.3 is 23.9 Å². The van der Waals surface area contributed by atoms with Crippen LogP contribution in [0.25, 0.3) is 0 Å². The molecule has 2 N–H and O–H groups in total. The molecule has 0 aliphatic rings. The number of nitrogens with two attached hydrogens (primary N) is 1. The molecule has 1 aromatic rings. The third kappa shape index (κ3) is 10.1. The fourth-order valence-electron chi connectivity index (χ4n) is 2.74. The van der Waals surface area contributed by atoms with Crippen LogP contribution in [0, 0.1) is 17.3 Å². The summed E-state index contributed by atoms with van der Waals surface area (Å²) < 4.78 is 21.8. The number of benzene rings is 1. The average Bonchev–Trinajstić information content (AvgIpc) is 2.83. The van der Waals surface area contributed by atoms with E-state index in [2.05, 4.69) is 0 Å². The molecule has 1 aromatic carbocycles. The Morgan fingerprint density at radius 2 is 1.27 bits per heavy atom. The first-order chi connectivity index (χ1) is 17.1. The number of ether oxygens (including phenoxy) is 4. The van der Waals surface area contributed by atoms with Gasteiger partial charge in [0, 0.05) is 0 Å². The summed E-state index contributed by atoms with van der Waals surface area (Å²) in [7, 11) is 0. The third-order valence-electron chi connectivity index (χ3n) is 6.09. The van der Waals surface area contributed by atoms with Gasteiger partial charge in [-0.15, -0.1) is 0 Å². The summed E-state index contributed by atoms with van der Waals surface area (Å²) in [5, 5.41) is 0. The van der Waals surface area contributed by atoms with Crippen LogP contribution in [0.2, 0.25) is 0 Å². The van der Waals surface area contributed by atoms with Crippen LogP contribution in [-0.4, -0.2) is 42.1 Å². The first kappa shape index (κ1) is 32.1. The molecule has 37 heavy (non-hydrogen) atoms. The fraction of sp³-hybridized carbons (Fsp3) is 0.643. The number of carbonyl (C=O) groups excluding carboxylic acids is 4. The summed E-state index contributed by atoms with van der Waals surface area (Å²) in [6.07, 6.45) is -0.107. The Bertz CT molecular complexity index is 952. The highest BCUT2D eigenvalue weighted by atomic mass is 16.6. The van der Waals surface area contributed by atoms with Crippen molar-refractivity contribution in [3.63, 3.8) is 0 Å². The third-order valence-corrected chi connectivity index (χ3v) is 6.09. The fourth-order valence-corrected chi connectivity index (χ4v) is 2.74. The van der Waals surface area contributed by atoms with Gasteiger partial charge in [-0.25, -0.2) is 0 Å². The molecule has 0 spiro atoms. The van der Waals surface area contributed by atoms with E-state index in [4.69, 9.17) is 24.7 Å². The van der Waals surface area contributed by atoms with Gasteiger partial charge in [-0.2, -0.15) is 0 Å². The van der Waals surface area contributed by atoms with Gasteiger partial charge in [-0.3, -0.25) is 19.2 Å². The van der Waals surface area contributed by atoms with Crippen LogP contribution in [0.4, 0.5) is 0 Å². The molecule has 0 aliphatic heterocycles. The second kappa shape index (κ2) is 14.1. The molecule has 0 radical (unpaired) electrons. The number of carbonyl (C=O) groups is 4. The van der Waals surface area contributed by atoms with Crippen molar-refractivity contribution in [2.24, 2.45) is 23.0 Å². The van der Waals surface area contributed by atoms with E-state index in [-0.39, 0.29) is 29.8 Å². The second-order valence-corrected chi connectivity index (χ2v) is 10.6. The summed E-state index contributed by atoms with van der Waals surface area (Å²) in [6, 6.07) is 3.66. The first-order valence-electron chi connectivity index (χ1n) is 12.8. The Morgan fingerprint density at radius 1 is 0.784 bits per heavy atom. The molecule has 0 aliphatic carbocycles. The van der Waals surface area contributed by atoms with Crippen molar-refractivity contribution in [3.8, 4) is 11.5 Å². The molecule has 0 saturated heterocycles. The summed E-state index contributed by atoms with van der Waals surface area (Å²) in [5.74, 6) is -2.45. The van der Waals surface area contributed by atoms with Gasteiger partial charge in [0.05, 0.1) is 17.3 Å². The van der Waals surface area contributed by atoms with Crippen LogP contribution in [0.5, 0.6) is 11.5 Å². The predicted molar refractivity (Wildman–Crippen MR) is 139 cm³/mol. The minimum absolute atomic E-state index is 0.0786. The van der Waals surface area contributed by atoms with Crippen molar-refractivity contribution in [1.82, 2.24) is 0 Å². The standard InChI is InChI=1S/C28H43NO8/c1-10-16(3)24(30)36-22-13-12-20(15-23(22)37-25(31)17(4)11-2)14-21(29)26(32)34-18(5)19(6)35-27(33)28(7,8)9/h12-13,15-19,21H,10-11,14,29H2,1-9H3/t16?,17?,18-,19-,21-/m0/s1.